The van der Waals surface area contributed by atoms with Crippen LogP contribution in [0.3, 0.4) is 0 Å². The summed E-state index contributed by atoms with van der Waals surface area (Å²) in [7, 11) is 3.87. The standard InChI is InChI=1S/C19H33N3O2/c1-5-6-11-24-19-12-16(7-8-18(19)23-4)17(13-20)22-10-9-21(3)15(2)14-22/h7-8,12,15,17H,5-6,9-11,13-14,20H2,1-4H3. The van der Waals surface area contributed by atoms with Crippen molar-refractivity contribution in [2.75, 3.05) is 46.9 Å². The largest absolute Gasteiger partial charge is 0.493 e. The molecule has 1 aliphatic heterocycles. The number of piperazine rings is 1. The van der Waals surface area contributed by atoms with E-state index in [9.17, 15) is 0 Å². The van der Waals surface area contributed by atoms with E-state index in [2.05, 4.69) is 42.8 Å². The molecule has 24 heavy (non-hydrogen) atoms. The van der Waals surface area contributed by atoms with E-state index in [1.54, 1.807) is 7.11 Å². The molecule has 1 aromatic rings. The van der Waals surface area contributed by atoms with Gasteiger partial charge in [-0.05, 0) is 38.1 Å². The van der Waals surface area contributed by atoms with Crippen LogP contribution in [0.1, 0.15) is 38.3 Å². The van der Waals surface area contributed by atoms with Gasteiger partial charge in [-0.15, -0.1) is 0 Å². The maximum absolute atomic E-state index is 6.13. The molecule has 136 valence electrons. The zero-order chi connectivity index (χ0) is 17.5. The number of ether oxygens (including phenoxy) is 2. The van der Waals surface area contributed by atoms with Crippen LogP contribution < -0.4 is 15.2 Å². The molecule has 1 heterocycles. The van der Waals surface area contributed by atoms with Gasteiger partial charge < -0.3 is 20.1 Å². The van der Waals surface area contributed by atoms with Crippen LogP contribution >= 0.6 is 0 Å². The van der Waals surface area contributed by atoms with Crippen LogP contribution in [0.4, 0.5) is 0 Å². The summed E-state index contributed by atoms with van der Waals surface area (Å²) >= 11 is 0. The van der Waals surface area contributed by atoms with E-state index < -0.39 is 0 Å². The molecule has 2 rings (SSSR count). The predicted octanol–water partition coefficient (Wildman–Crippen LogP) is 2.51. The first-order valence-corrected chi connectivity index (χ1v) is 9.05. The predicted molar refractivity (Wildman–Crippen MR) is 98.9 cm³/mol. The first kappa shape index (κ1) is 19.0. The summed E-state index contributed by atoms with van der Waals surface area (Å²) < 4.78 is 11.4. The van der Waals surface area contributed by atoms with Crippen LogP contribution in [0.5, 0.6) is 11.5 Å². The van der Waals surface area contributed by atoms with E-state index in [1.807, 2.05) is 6.07 Å². The second kappa shape index (κ2) is 9.25. The second-order valence-corrected chi connectivity index (χ2v) is 6.69. The summed E-state index contributed by atoms with van der Waals surface area (Å²) in [6, 6.07) is 6.99. The van der Waals surface area contributed by atoms with Crippen molar-refractivity contribution < 1.29 is 9.47 Å². The van der Waals surface area contributed by atoms with Gasteiger partial charge in [0.2, 0.25) is 0 Å². The van der Waals surface area contributed by atoms with E-state index in [0.717, 1.165) is 50.6 Å². The number of methoxy groups -OCH3 is 1. The Balaban J connectivity index is 2.16. The first-order valence-electron chi connectivity index (χ1n) is 9.05. The molecule has 0 spiro atoms. The van der Waals surface area contributed by atoms with Crippen LogP contribution in [0.25, 0.3) is 0 Å². The highest BCUT2D eigenvalue weighted by atomic mass is 16.5. The molecule has 1 aliphatic rings. The lowest BCUT2D eigenvalue weighted by Crippen LogP contribution is -2.52. The Labute approximate surface area is 146 Å². The van der Waals surface area contributed by atoms with E-state index >= 15 is 0 Å². The molecule has 2 unspecified atom stereocenters. The number of hydrogen-bond acceptors (Lipinski definition) is 5. The van der Waals surface area contributed by atoms with Crippen molar-refractivity contribution in [2.24, 2.45) is 5.73 Å². The molecule has 0 bridgehead atoms. The summed E-state index contributed by atoms with van der Waals surface area (Å²) in [4.78, 5) is 4.89. The van der Waals surface area contributed by atoms with Gasteiger partial charge in [-0.1, -0.05) is 19.4 Å². The van der Waals surface area contributed by atoms with Gasteiger partial charge in [0.15, 0.2) is 11.5 Å². The average Bonchev–Trinajstić information content (AvgIpc) is 2.59. The highest BCUT2D eigenvalue weighted by Crippen LogP contribution is 2.32. The zero-order valence-electron chi connectivity index (χ0n) is 15.6. The number of likely N-dealkylation sites (N-methyl/N-ethyl adjacent to an activating group) is 1. The molecule has 1 fully saturated rings. The van der Waals surface area contributed by atoms with E-state index in [0.29, 0.717) is 12.6 Å². The molecule has 2 N–H and O–H groups in total. The Hall–Kier alpha value is -1.30. The lowest BCUT2D eigenvalue weighted by Gasteiger charge is -2.41. The Morgan fingerprint density at radius 3 is 2.71 bits per heavy atom. The van der Waals surface area contributed by atoms with Crippen LogP contribution in [0.2, 0.25) is 0 Å². The summed E-state index contributed by atoms with van der Waals surface area (Å²) in [6.45, 7) is 8.92. The number of nitrogens with zero attached hydrogens (tertiary/aromatic N) is 2. The fraction of sp³-hybridized carbons (Fsp3) is 0.684. The van der Waals surface area contributed by atoms with Crippen molar-refractivity contribution in [1.82, 2.24) is 9.80 Å². The highest BCUT2D eigenvalue weighted by Gasteiger charge is 2.27. The third-order valence-electron chi connectivity index (χ3n) is 4.98. The average molecular weight is 335 g/mol. The maximum Gasteiger partial charge on any atom is 0.161 e. The number of unbranched alkanes of at least 4 members (excludes halogenated alkanes) is 1. The minimum absolute atomic E-state index is 0.223. The Bertz CT molecular complexity index is 509. The van der Waals surface area contributed by atoms with Gasteiger partial charge in [0.1, 0.15) is 0 Å². The van der Waals surface area contributed by atoms with Gasteiger partial charge in [0, 0.05) is 38.3 Å². The van der Waals surface area contributed by atoms with E-state index in [1.165, 1.54) is 5.56 Å². The summed E-state index contributed by atoms with van der Waals surface area (Å²) in [5.41, 5.74) is 7.34. The highest BCUT2D eigenvalue weighted by molar-refractivity contribution is 5.44. The Morgan fingerprint density at radius 1 is 1.29 bits per heavy atom. The summed E-state index contributed by atoms with van der Waals surface area (Å²) in [5.74, 6) is 1.61. The fourth-order valence-corrected chi connectivity index (χ4v) is 3.20. The molecule has 0 aliphatic carbocycles. The number of benzene rings is 1. The van der Waals surface area contributed by atoms with Gasteiger partial charge in [-0.3, -0.25) is 4.90 Å². The van der Waals surface area contributed by atoms with E-state index in [-0.39, 0.29) is 6.04 Å². The maximum atomic E-state index is 6.13. The van der Waals surface area contributed by atoms with Gasteiger partial charge >= 0.3 is 0 Å². The van der Waals surface area contributed by atoms with Gasteiger partial charge in [-0.2, -0.15) is 0 Å². The summed E-state index contributed by atoms with van der Waals surface area (Å²) in [5, 5.41) is 0. The third-order valence-corrected chi connectivity index (χ3v) is 4.98. The minimum atomic E-state index is 0.223. The monoisotopic (exact) mass is 335 g/mol. The molecule has 1 aromatic carbocycles. The van der Waals surface area contributed by atoms with E-state index in [4.69, 9.17) is 15.2 Å². The number of rotatable bonds is 8. The second-order valence-electron chi connectivity index (χ2n) is 6.69. The Morgan fingerprint density at radius 2 is 2.08 bits per heavy atom. The topological polar surface area (TPSA) is 51.0 Å². The molecular formula is C19H33N3O2. The first-order chi connectivity index (χ1) is 11.6. The van der Waals surface area contributed by atoms with Crippen LogP contribution in [-0.2, 0) is 0 Å². The lowest BCUT2D eigenvalue weighted by atomic mass is 10.0. The zero-order valence-corrected chi connectivity index (χ0v) is 15.6. The molecule has 5 nitrogen and oxygen atoms in total. The van der Waals surface area contributed by atoms with Crippen LogP contribution in [0, 0.1) is 0 Å². The molecule has 1 saturated heterocycles. The number of hydrogen-bond donors (Lipinski definition) is 1. The van der Waals surface area contributed by atoms with Crippen LogP contribution in [0.15, 0.2) is 18.2 Å². The quantitative estimate of drug-likeness (QED) is 0.740. The molecule has 2 atom stereocenters. The van der Waals surface area contributed by atoms with Crippen molar-refractivity contribution >= 4 is 0 Å². The third kappa shape index (κ3) is 4.62. The fourth-order valence-electron chi connectivity index (χ4n) is 3.20. The van der Waals surface area contributed by atoms with Crippen molar-refractivity contribution in [1.29, 1.82) is 0 Å². The Kier molecular flexibility index (Phi) is 7.34. The van der Waals surface area contributed by atoms with Gasteiger partial charge in [0.05, 0.1) is 13.7 Å². The summed E-state index contributed by atoms with van der Waals surface area (Å²) in [6.07, 6.45) is 2.16. The minimum Gasteiger partial charge on any atom is -0.493 e. The molecule has 0 radical (unpaired) electrons. The normalized spacial score (nSPS) is 20.8. The molecule has 0 aromatic heterocycles. The van der Waals surface area contributed by atoms with Gasteiger partial charge in [-0.25, -0.2) is 0 Å². The van der Waals surface area contributed by atoms with Crippen LogP contribution in [-0.4, -0.2) is 62.8 Å². The molecule has 5 heteroatoms. The smallest absolute Gasteiger partial charge is 0.161 e. The van der Waals surface area contributed by atoms with Gasteiger partial charge in [0.25, 0.3) is 0 Å². The number of nitrogens with two attached hydrogens (primary N) is 1. The molecular weight excluding hydrogens is 302 g/mol. The lowest BCUT2D eigenvalue weighted by molar-refractivity contribution is 0.0740. The van der Waals surface area contributed by atoms with Crippen molar-refractivity contribution in [2.45, 2.75) is 38.8 Å². The SMILES string of the molecule is CCCCOc1cc(C(CN)N2CCN(C)C(C)C2)ccc1OC. The van der Waals surface area contributed by atoms with Crippen molar-refractivity contribution in [3.05, 3.63) is 23.8 Å². The molecule has 0 amide bonds. The van der Waals surface area contributed by atoms with Crippen molar-refractivity contribution in [3.63, 3.8) is 0 Å². The van der Waals surface area contributed by atoms with Crippen molar-refractivity contribution in [3.8, 4) is 11.5 Å². The molecule has 0 saturated carbocycles.